The molecular formula is C10H9BrN4O2. The smallest absolute Gasteiger partial charge is 0.262 e. The van der Waals surface area contributed by atoms with Crippen molar-refractivity contribution in [3.8, 4) is 0 Å². The summed E-state index contributed by atoms with van der Waals surface area (Å²) in [6, 6.07) is 1.55. The zero-order valence-corrected chi connectivity index (χ0v) is 10.8. The van der Waals surface area contributed by atoms with E-state index in [2.05, 4.69) is 36.4 Å². The molecule has 0 saturated carbocycles. The molecule has 0 spiro atoms. The van der Waals surface area contributed by atoms with Crippen LogP contribution >= 0.6 is 15.9 Å². The van der Waals surface area contributed by atoms with Gasteiger partial charge in [0.2, 0.25) is 5.95 Å². The van der Waals surface area contributed by atoms with E-state index in [9.17, 15) is 4.79 Å². The number of rotatable bonds is 2. The molecule has 2 aromatic heterocycles. The van der Waals surface area contributed by atoms with E-state index >= 15 is 0 Å². The van der Waals surface area contributed by atoms with Crippen molar-refractivity contribution in [1.29, 1.82) is 0 Å². The van der Waals surface area contributed by atoms with Crippen LogP contribution in [0.15, 0.2) is 21.4 Å². The molecule has 1 amide bonds. The average molecular weight is 297 g/mol. The second kappa shape index (κ2) is 4.62. The third-order valence-corrected chi connectivity index (χ3v) is 2.79. The van der Waals surface area contributed by atoms with E-state index in [0.29, 0.717) is 10.2 Å². The Morgan fingerprint density at radius 2 is 2.12 bits per heavy atom. The topological polar surface area (TPSA) is 80.9 Å². The number of amides is 1. The molecular weight excluding hydrogens is 288 g/mol. The Hall–Kier alpha value is -1.76. The lowest BCUT2D eigenvalue weighted by atomic mass is 10.3. The Balaban J connectivity index is 2.19. The van der Waals surface area contributed by atoms with E-state index < -0.39 is 0 Å². The van der Waals surface area contributed by atoms with Gasteiger partial charge in [-0.25, -0.2) is 4.98 Å². The van der Waals surface area contributed by atoms with Gasteiger partial charge in [0.1, 0.15) is 0 Å². The van der Waals surface area contributed by atoms with Crippen molar-refractivity contribution in [3.05, 3.63) is 34.0 Å². The van der Waals surface area contributed by atoms with Gasteiger partial charge in [0.15, 0.2) is 4.67 Å². The molecule has 17 heavy (non-hydrogen) atoms. The Morgan fingerprint density at radius 3 is 2.71 bits per heavy atom. The Morgan fingerprint density at radius 1 is 1.35 bits per heavy atom. The number of carbonyl (C=O) groups excluding carboxylic acids is 1. The minimum atomic E-state index is -0.351. The van der Waals surface area contributed by atoms with Crippen molar-refractivity contribution >= 4 is 27.8 Å². The zero-order valence-electron chi connectivity index (χ0n) is 9.19. The summed E-state index contributed by atoms with van der Waals surface area (Å²) in [4.78, 5) is 15.9. The quantitative estimate of drug-likeness (QED) is 0.918. The Kier molecular flexibility index (Phi) is 3.19. The molecule has 2 rings (SSSR count). The first-order valence-electron chi connectivity index (χ1n) is 4.80. The van der Waals surface area contributed by atoms with Gasteiger partial charge in [0.05, 0.1) is 23.2 Å². The van der Waals surface area contributed by atoms with Crippen molar-refractivity contribution in [2.24, 2.45) is 0 Å². The van der Waals surface area contributed by atoms with Crippen LogP contribution < -0.4 is 5.32 Å². The third-order valence-electron chi connectivity index (χ3n) is 2.18. The number of anilines is 1. The fraction of sp³-hybridized carbons (Fsp3) is 0.200. The van der Waals surface area contributed by atoms with Crippen LogP contribution in [0.5, 0.6) is 0 Å². The molecule has 0 aliphatic carbocycles. The predicted molar refractivity (Wildman–Crippen MR) is 63.7 cm³/mol. The Labute approximate surface area is 106 Å². The highest BCUT2D eigenvalue weighted by atomic mass is 79.9. The fourth-order valence-electron chi connectivity index (χ4n) is 1.13. The molecule has 0 saturated heterocycles. The average Bonchev–Trinajstić information content (AvgIpc) is 2.70. The molecule has 2 heterocycles. The molecule has 0 atom stereocenters. The Bertz CT molecular complexity index is 567. The first-order valence-corrected chi connectivity index (χ1v) is 5.59. The van der Waals surface area contributed by atoms with E-state index in [-0.39, 0.29) is 11.9 Å². The molecule has 6 nitrogen and oxygen atoms in total. The number of aromatic nitrogens is 3. The molecule has 0 fully saturated rings. The summed E-state index contributed by atoms with van der Waals surface area (Å²) >= 11 is 3.12. The fourth-order valence-corrected chi connectivity index (χ4v) is 1.55. The summed E-state index contributed by atoms with van der Waals surface area (Å²) in [6.07, 6.45) is 1.42. The normalized spacial score (nSPS) is 10.3. The summed E-state index contributed by atoms with van der Waals surface area (Å²) in [5, 5.41) is 10.2. The van der Waals surface area contributed by atoms with E-state index in [1.165, 1.54) is 6.26 Å². The first-order chi connectivity index (χ1) is 8.08. The molecule has 7 heteroatoms. The SMILES string of the molecule is Cc1nnc(NC(=O)c2ccoc2Br)nc1C. The number of nitrogens with zero attached hydrogens (tertiary/aromatic N) is 3. The lowest BCUT2D eigenvalue weighted by molar-refractivity contribution is 0.102. The summed E-state index contributed by atoms with van der Waals surface area (Å²) in [6.45, 7) is 3.60. The highest BCUT2D eigenvalue weighted by molar-refractivity contribution is 9.10. The molecule has 88 valence electrons. The van der Waals surface area contributed by atoms with Gasteiger partial charge >= 0.3 is 0 Å². The number of nitrogens with one attached hydrogen (secondary N) is 1. The second-order valence-electron chi connectivity index (χ2n) is 3.37. The number of halogens is 1. The van der Waals surface area contributed by atoms with Gasteiger partial charge in [0.25, 0.3) is 5.91 Å². The van der Waals surface area contributed by atoms with Crippen LogP contribution in [-0.4, -0.2) is 21.1 Å². The molecule has 0 unspecified atom stereocenters. The maximum Gasteiger partial charge on any atom is 0.262 e. The number of aryl methyl sites for hydroxylation is 2. The highest BCUT2D eigenvalue weighted by Crippen LogP contribution is 2.18. The van der Waals surface area contributed by atoms with Gasteiger partial charge in [-0.05, 0) is 35.8 Å². The van der Waals surface area contributed by atoms with E-state index in [1.807, 2.05) is 0 Å². The van der Waals surface area contributed by atoms with Gasteiger partial charge in [0, 0.05) is 0 Å². The van der Waals surface area contributed by atoms with Crippen LogP contribution in [0.1, 0.15) is 21.7 Å². The maximum atomic E-state index is 11.8. The van der Waals surface area contributed by atoms with Crippen LogP contribution in [0.4, 0.5) is 5.95 Å². The largest absolute Gasteiger partial charge is 0.457 e. The van der Waals surface area contributed by atoms with Gasteiger partial charge in [-0.1, -0.05) is 0 Å². The van der Waals surface area contributed by atoms with Crippen molar-refractivity contribution < 1.29 is 9.21 Å². The van der Waals surface area contributed by atoms with Crippen LogP contribution in [0, 0.1) is 13.8 Å². The summed E-state index contributed by atoms with van der Waals surface area (Å²) in [7, 11) is 0. The van der Waals surface area contributed by atoms with Gasteiger partial charge in [-0.3, -0.25) is 10.1 Å². The second-order valence-corrected chi connectivity index (χ2v) is 4.09. The van der Waals surface area contributed by atoms with Crippen LogP contribution in [0.2, 0.25) is 0 Å². The van der Waals surface area contributed by atoms with Gasteiger partial charge < -0.3 is 4.42 Å². The molecule has 0 aliphatic rings. The van der Waals surface area contributed by atoms with Crippen molar-refractivity contribution in [2.45, 2.75) is 13.8 Å². The predicted octanol–water partition coefficient (Wildman–Crippen LogP) is 2.10. The third kappa shape index (κ3) is 2.50. The number of furan rings is 1. The lowest BCUT2D eigenvalue weighted by Crippen LogP contribution is -2.15. The summed E-state index contributed by atoms with van der Waals surface area (Å²) in [5.74, 6) is -0.179. The first kappa shape index (κ1) is 11.7. The molecule has 2 aromatic rings. The summed E-state index contributed by atoms with van der Waals surface area (Å²) < 4.78 is 5.33. The monoisotopic (exact) mass is 296 g/mol. The molecule has 0 aliphatic heterocycles. The van der Waals surface area contributed by atoms with Crippen molar-refractivity contribution in [3.63, 3.8) is 0 Å². The summed E-state index contributed by atoms with van der Waals surface area (Å²) in [5.41, 5.74) is 1.83. The highest BCUT2D eigenvalue weighted by Gasteiger charge is 2.14. The standard InChI is InChI=1S/C10H9BrN4O2/c1-5-6(2)14-15-10(12-5)13-9(16)7-3-4-17-8(7)11/h3-4H,1-2H3,(H,12,13,15,16). The van der Waals surface area contributed by atoms with Crippen molar-refractivity contribution in [2.75, 3.05) is 5.32 Å². The molecule has 0 bridgehead atoms. The maximum absolute atomic E-state index is 11.8. The lowest BCUT2D eigenvalue weighted by Gasteiger charge is -2.03. The van der Waals surface area contributed by atoms with Gasteiger partial charge in [-0.15, -0.1) is 5.10 Å². The van der Waals surface area contributed by atoms with E-state index in [0.717, 1.165) is 11.4 Å². The molecule has 0 aromatic carbocycles. The van der Waals surface area contributed by atoms with E-state index in [4.69, 9.17) is 4.42 Å². The van der Waals surface area contributed by atoms with E-state index in [1.54, 1.807) is 19.9 Å². The van der Waals surface area contributed by atoms with Gasteiger partial charge in [-0.2, -0.15) is 5.10 Å². The molecule has 1 N–H and O–H groups in total. The number of hydrogen-bond acceptors (Lipinski definition) is 5. The zero-order chi connectivity index (χ0) is 12.4. The van der Waals surface area contributed by atoms with Crippen LogP contribution in [-0.2, 0) is 0 Å². The van der Waals surface area contributed by atoms with Crippen molar-refractivity contribution in [1.82, 2.24) is 15.2 Å². The van der Waals surface area contributed by atoms with Crippen LogP contribution in [0.25, 0.3) is 0 Å². The number of carbonyl (C=O) groups is 1. The van der Waals surface area contributed by atoms with Crippen LogP contribution in [0.3, 0.4) is 0 Å². The molecule has 0 radical (unpaired) electrons. The minimum Gasteiger partial charge on any atom is -0.457 e. The minimum absolute atomic E-state index is 0.172. The number of hydrogen-bond donors (Lipinski definition) is 1.